The van der Waals surface area contributed by atoms with Crippen LogP contribution in [0.3, 0.4) is 0 Å². The van der Waals surface area contributed by atoms with Crippen molar-refractivity contribution >= 4 is 27.1 Å². The number of hydrogen-bond acceptors (Lipinski definition) is 4. The van der Waals surface area contributed by atoms with Crippen LogP contribution in [0.5, 0.6) is 0 Å². The molecule has 0 saturated carbocycles. The van der Waals surface area contributed by atoms with Gasteiger partial charge in [-0.1, -0.05) is 0 Å². The van der Waals surface area contributed by atoms with Crippen molar-refractivity contribution in [2.24, 2.45) is 0 Å². The minimum atomic E-state index is -3.67. The van der Waals surface area contributed by atoms with Gasteiger partial charge in [-0.25, -0.2) is 4.98 Å². The van der Waals surface area contributed by atoms with Crippen LogP contribution >= 0.6 is 11.3 Å². The van der Waals surface area contributed by atoms with Gasteiger partial charge in [0.1, 0.15) is 5.65 Å². The number of pyridine rings is 1. The molecule has 0 atom stereocenters. The molecular formula is C13H14N2O3S2. The molecule has 106 valence electrons. The summed E-state index contributed by atoms with van der Waals surface area (Å²) in [5.74, 6) is 0. The number of nitrogens with zero attached hydrogens (tertiary/aromatic N) is 2. The molecule has 3 rings (SSSR count). The van der Waals surface area contributed by atoms with E-state index < -0.39 is 10.1 Å². The van der Waals surface area contributed by atoms with Crippen LogP contribution in [0.4, 0.5) is 0 Å². The Morgan fingerprint density at radius 1 is 1.30 bits per heavy atom. The molecule has 0 radical (unpaired) electrons. The topological polar surface area (TPSA) is 71.7 Å². The molecule has 5 nitrogen and oxygen atoms in total. The first kappa shape index (κ1) is 14.7. The Hall–Kier alpha value is -1.70. The van der Waals surface area contributed by atoms with Crippen LogP contribution < -0.4 is 0 Å². The van der Waals surface area contributed by atoms with Crippen LogP contribution in [-0.2, 0) is 10.1 Å². The molecule has 3 heterocycles. The minimum Gasteiger partial charge on any atom is -0.304 e. The molecule has 0 aliphatic heterocycles. The van der Waals surface area contributed by atoms with Gasteiger partial charge in [0.05, 0.1) is 6.26 Å². The first-order chi connectivity index (χ1) is 9.36. The number of imidazole rings is 1. The predicted molar refractivity (Wildman–Crippen MR) is 80.7 cm³/mol. The molecule has 0 aliphatic carbocycles. The van der Waals surface area contributed by atoms with E-state index in [1.165, 1.54) is 16.8 Å². The van der Waals surface area contributed by atoms with Gasteiger partial charge in [-0.05, 0) is 41.4 Å². The van der Waals surface area contributed by atoms with Crippen molar-refractivity contribution in [3.05, 3.63) is 47.0 Å². The van der Waals surface area contributed by atoms with Crippen LogP contribution in [0.25, 0.3) is 16.8 Å². The second kappa shape index (κ2) is 5.74. The number of fused-ring (bicyclic) bond motifs is 1. The van der Waals surface area contributed by atoms with E-state index >= 15 is 0 Å². The maximum absolute atomic E-state index is 9.19. The Labute approximate surface area is 121 Å². The van der Waals surface area contributed by atoms with Gasteiger partial charge in [-0.2, -0.15) is 19.8 Å². The zero-order valence-corrected chi connectivity index (χ0v) is 12.6. The van der Waals surface area contributed by atoms with Gasteiger partial charge >= 0.3 is 0 Å². The van der Waals surface area contributed by atoms with Crippen LogP contribution in [0.1, 0.15) is 5.69 Å². The fourth-order valence-corrected chi connectivity index (χ4v) is 2.51. The Morgan fingerprint density at radius 3 is 2.60 bits per heavy atom. The molecule has 0 amide bonds. The molecule has 1 N–H and O–H groups in total. The van der Waals surface area contributed by atoms with E-state index in [0.29, 0.717) is 6.26 Å². The molecule has 0 spiro atoms. The first-order valence-electron chi connectivity index (χ1n) is 5.74. The molecule has 3 aromatic heterocycles. The normalized spacial score (nSPS) is 11.2. The second-order valence-corrected chi connectivity index (χ2v) is 6.48. The lowest BCUT2D eigenvalue weighted by Crippen LogP contribution is -1.92. The average molecular weight is 310 g/mol. The van der Waals surface area contributed by atoms with E-state index in [9.17, 15) is 8.42 Å². The van der Waals surface area contributed by atoms with E-state index in [4.69, 9.17) is 4.55 Å². The Bertz CT molecular complexity index is 797. The van der Waals surface area contributed by atoms with Gasteiger partial charge in [0.25, 0.3) is 10.1 Å². The molecule has 3 aromatic rings. The molecule has 0 aliphatic rings. The molecule has 0 saturated heterocycles. The number of hydrogen-bond donors (Lipinski definition) is 1. The highest BCUT2D eigenvalue weighted by Crippen LogP contribution is 2.25. The van der Waals surface area contributed by atoms with Gasteiger partial charge in [0, 0.05) is 23.7 Å². The highest BCUT2D eigenvalue weighted by molar-refractivity contribution is 7.85. The van der Waals surface area contributed by atoms with Crippen LogP contribution in [0.15, 0.2) is 41.4 Å². The van der Waals surface area contributed by atoms with Gasteiger partial charge in [0.2, 0.25) is 0 Å². The summed E-state index contributed by atoms with van der Waals surface area (Å²) >= 11 is 1.73. The van der Waals surface area contributed by atoms with E-state index in [1.54, 1.807) is 11.3 Å². The summed E-state index contributed by atoms with van der Waals surface area (Å²) < 4.78 is 28.0. The van der Waals surface area contributed by atoms with Crippen molar-refractivity contribution in [1.82, 2.24) is 9.38 Å². The Morgan fingerprint density at radius 2 is 2.00 bits per heavy atom. The molecule has 0 bridgehead atoms. The van der Waals surface area contributed by atoms with Gasteiger partial charge in [-0.3, -0.25) is 4.55 Å². The number of thiophene rings is 1. The van der Waals surface area contributed by atoms with Crippen molar-refractivity contribution in [3.8, 4) is 11.1 Å². The summed E-state index contributed by atoms with van der Waals surface area (Å²) in [6.07, 6.45) is 4.55. The van der Waals surface area contributed by atoms with Crippen molar-refractivity contribution in [1.29, 1.82) is 0 Å². The molecule has 7 heteroatoms. The zero-order chi connectivity index (χ0) is 14.8. The first-order valence-corrected chi connectivity index (χ1v) is 8.53. The lowest BCUT2D eigenvalue weighted by molar-refractivity contribution is 0.490. The number of aromatic nitrogens is 2. The van der Waals surface area contributed by atoms with Crippen LogP contribution in [0.2, 0.25) is 0 Å². The van der Waals surface area contributed by atoms with Crippen molar-refractivity contribution in [2.45, 2.75) is 6.92 Å². The molecule has 0 unspecified atom stereocenters. The van der Waals surface area contributed by atoms with Crippen LogP contribution in [0, 0.1) is 6.92 Å². The molecule has 20 heavy (non-hydrogen) atoms. The largest absolute Gasteiger partial charge is 0.304 e. The standard InChI is InChI=1S/C12H10N2S.CH4O3S/c1-9-11(10-4-7-15-8-10)2-3-12-13-5-6-14(9)12;1-5(2,3)4/h2-8H,1H3;1H3,(H,2,3,4). The second-order valence-electron chi connectivity index (χ2n) is 4.23. The fraction of sp³-hybridized carbons (Fsp3) is 0.154. The average Bonchev–Trinajstić information content (AvgIpc) is 2.97. The highest BCUT2D eigenvalue weighted by atomic mass is 32.2. The van der Waals surface area contributed by atoms with E-state index in [0.717, 1.165) is 5.65 Å². The predicted octanol–water partition coefficient (Wildman–Crippen LogP) is 2.88. The van der Waals surface area contributed by atoms with E-state index in [1.807, 2.05) is 12.4 Å². The lowest BCUT2D eigenvalue weighted by Gasteiger charge is -2.06. The van der Waals surface area contributed by atoms with E-state index in [-0.39, 0.29) is 0 Å². The van der Waals surface area contributed by atoms with Crippen molar-refractivity contribution < 1.29 is 13.0 Å². The Balaban J connectivity index is 0.000000257. The SMILES string of the molecule is CS(=O)(=O)O.Cc1c(-c2ccsc2)ccc2nccn12. The summed E-state index contributed by atoms with van der Waals surface area (Å²) in [5.41, 5.74) is 4.81. The quantitative estimate of drug-likeness (QED) is 0.702. The minimum absolute atomic E-state index is 0.715. The van der Waals surface area contributed by atoms with Gasteiger partial charge in [0.15, 0.2) is 0 Å². The van der Waals surface area contributed by atoms with E-state index in [2.05, 4.69) is 45.3 Å². The van der Waals surface area contributed by atoms with Crippen molar-refractivity contribution in [2.75, 3.05) is 6.26 Å². The monoisotopic (exact) mass is 310 g/mol. The highest BCUT2D eigenvalue weighted by Gasteiger charge is 2.05. The number of rotatable bonds is 1. The third-order valence-electron chi connectivity index (χ3n) is 2.65. The zero-order valence-electron chi connectivity index (χ0n) is 11.0. The maximum Gasteiger partial charge on any atom is 0.261 e. The summed E-state index contributed by atoms with van der Waals surface area (Å²) in [6.45, 7) is 2.13. The third-order valence-corrected chi connectivity index (χ3v) is 3.33. The summed E-state index contributed by atoms with van der Waals surface area (Å²) in [6, 6.07) is 6.34. The Kier molecular flexibility index (Phi) is 4.22. The van der Waals surface area contributed by atoms with Crippen LogP contribution in [-0.4, -0.2) is 28.6 Å². The molecular weight excluding hydrogens is 296 g/mol. The van der Waals surface area contributed by atoms with Gasteiger partial charge < -0.3 is 4.40 Å². The molecule has 0 aromatic carbocycles. The third kappa shape index (κ3) is 3.66. The maximum atomic E-state index is 9.19. The van der Waals surface area contributed by atoms with Crippen molar-refractivity contribution in [3.63, 3.8) is 0 Å². The summed E-state index contributed by atoms with van der Waals surface area (Å²) in [5, 5.41) is 4.28. The lowest BCUT2D eigenvalue weighted by atomic mass is 10.1. The number of aryl methyl sites for hydroxylation is 1. The molecule has 0 fully saturated rings. The summed E-state index contributed by atoms with van der Waals surface area (Å²) in [7, 11) is -3.67. The van der Waals surface area contributed by atoms with Gasteiger partial charge in [-0.15, -0.1) is 0 Å². The summed E-state index contributed by atoms with van der Waals surface area (Å²) in [4.78, 5) is 4.27. The fourth-order valence-electron chi connectivity index (χ4n) is 1.85. The smallest absolute Gasteiger partial charge is 0.261 e.